The summed E-state index contributed by atoms with van der Waals surface area (Å²) in [5, 5.41) is 16.2. The number of methoxy groups -OCH3 is 1. The van der Waals surface area contributed by atoms with Crippen molar-refractivity contribution < 1.29 is 19.1 Å². The molecular formula is C17H18N2O4. The van der Waals surface area contributed by atoms with Gasteiger partial charge in [-0.15, -0.1) is 0 Å². The van der Waals surface area contributed by atoms with Gasteiger partial charge >= 0.3 is 0 Å². The number of nitrogens with zero attached hydrogens (tertiary/aromatic N) is 2. The lowest BCUT2D eigenvalue weighted by atomic mass is 9.99. The maximum atomic E-state index is 12.3. The maximum Gasteiger partial charge on any atom is 0.242 e. The molecule has 0 saturated carbocycles. The molecule has 1 aromatic heterocycles. The molecule has 3 rings (SSSR count). The molecule has 0 saturated heterocycles. The van der Waals surface area contributed by atoms with E-state index < -0.39 is 0 Å². The molecular weight excluding hydrogens is 296 g/mol. The summed E-state index contributed by atoms with van der Waals surface area (Å²) in [7, 11) is 1.49. The summed E-state index contributed by atoms with van der Waals surface area (Å²) in [5.74, 6) is 0.921. The third kappa shape index (κ3) is 2.67. The van der Waals surface area contributed by atoms with Gasteiger partial charge in [-0.05, 0) is 18.2 Å². The molecule has 1 aliphatic rings. The predicted molar refractivity (Wildman–Crippen MR) is 84.4 cm³/mol. The second-order valence-corrected chi connectivity index (χ2v) is 5.23. The van der Waals surface area contributed by atoms with Gasteiger partial charge < -0.3 is 14.3 Å². The zero-order valence-corrected chi connectivity index (χ0v) is 13.0. The van der Waals surface area contributed by atoms with E-state index in [4.69, 9.17) is 9.15 Å². The summed E-state index contributed by atoms with van der Waals surface area (Å²) in [6, 6.07) is 8.44. The Morgan fingerprint density at radius 1 is 1.43 bits per heavy atom. The normalized spacial score (nSPS) is 17.2. The van der Waals surface area contributed by atoms with Crippen LogP contribution in [0.3, 0.4) is 0 Å². The number of phenolic OH excluding ortho intramolecular Hbond substituents is 1. The molecule has 0 bridgehead atoms. The standard InChI is InChI=1S/C17H18N2O4/c1-3-16(20)19-13(10-12(18-19)14-8-5-9-23-14)11-6-4-7-15(22-2)17(11)21/h4-9,13,21H,3,10H2,1-2H3. The molecule has 1 aromatic carbocycles. The van der Waals surface area contributed by atoms with E-state index >= 15 is 0 Å². The molecule has 1 amide bonds. The van der Waals surface area contributed by atoms with E-state index in [2.05, 4.69) is 5.10 Å². The van der Waals surface area contributed by atoms with Crippen LogP contribution in [0.2, 0.25) is 0 Å². The largest absolute Gasteiger partial charge is 0.504 e. The first kappa shape index (κ1) is 15.1. The fourth-order valence-corrected chi connectivity index (χ4v) is 2.71. The molecule has 6 heteroatoms. The van der Waals surface area contributed by atoms with E-state index in [0.717, 1.165) is 0 Å². The number of hydrogen-bond acceptors (Lipinski definition) is 5. The molecule has 2 aromatic rings. The summed E-state index contributed by atoms with van der Waals surface area (Å²) < 4.78 is 10.5. The van der Waals surface area contributed by atoms with Gasteiger partial charge in [0.25, 0.3) is 0 Å². The van der Waals surface area contributed by atoms with Crippen LogP contribution in [-0.2, 0) is 4.79 Å². The molecule has 23 heavy (non-hydrogen) atoms. The van der Waals surface area contributed by atoms with Crippen LogP contribution >= 0.6 is 0 Å². The van der Waals surface area contributed by atoms with E-state index in [0.29, 0.717) is 35.6 Å². The summed E-state index contributed by atoms with van der Waals surface area (Å²) in [6.07, 6.45) is 2.37. The number of aromatic hydroxyl groups is 1. The SMILES string of the molecule is CCC(=O)N1N=C(c2ccco2)CC1c1cccc(OC)c1O. The highest BCUT2D eigenvalue weighted by Crippen LogP contribution is 2.41. The number of ether oxygens (including phenoxy) is 1. The maximum absolute atomic E-state index is 12.3. The fourth-order valence-electron chi connectivity index (χ4n) is 2.71. The molecule has 0 fully saturated rings. The minimum Gasteiger partial charge on any atom is -0.504 e. The zero-order valence-electron chi connectivity index (χ0n) is 13.0. The van der Waals surface area contributed by atoms with Crippen molar-refractivity contribution in [3.63, 3.8) is 0 Å². The van der Waals surface area contributed by atoms with Gasteiger partial charge in [0.2, 0.25) is 5.91 Å². The van der Waals surface area contributed by atoms with Gasteiger partial charge in [-0.25, -0.2) is 5.01 Å². The lowest BCUT2D eigenvalue weighted by Gasteiger charge is -2.22. The van der Waals surface area contributed by atoms with Gasteiger partial charge in [0.15, 0.2) is 11.5 Å². The van der Waals surface area contributed by atoms with Crippen LogP contribution < -0.4 is 4.74 Å². The minimum absolute atomic E-state index is 0.0322. The van der Waals surface area contributed by atoms with Crippen molar-refractivity contribution in [1.82, 2.24) is 5.01 Å². The highest BCUT2D eigenvalue weighted by atomic mass is 16.5. The first-order chi connectivity index (χ1) is 11.2. The molecule has 0 aliphatic carbocycles. The van der Waals surface area contributed by atoms with Crippen LogP contribution in [0.4, 0.5) is 0 Å². The van der Waals surface area contributed by atoms with Crippen LogP contribution in [0, 0.1) is 0 Å². The molecule has 1 atom stereocenters. The van der Waals surface area contributed by atoms with Crippen LogP contribution in [0.5, 0.6) is 11.5 Å². The van der Waals surface area contributed by atoms with Crippen molar-refractivity contribution in [3.05, 3.63) is 47.9 Å². The van der Waals surface area contributed by atoms with Crippen LogP contribution in [0.25, 0.3) is 0 Å². The lowest BCUT2D eigenvalue weighted by molar-refractivity contribution is -0.132. The van der Waals surface area contributed by atoms with E-state index in [1.165, 1.54) is 12.1 Å². The van der Waals surface area contributed by atoms with E-state index in [9.17, 15) is 9.90 Å². The first-order valence-corrected chi connectivity index (χ1v) is 7.45. The smallest absolute Gasteiger partial charge is 0.242 e. The number of amides is 1. The van der Waals surface area contributed by atoms with Crippen LogP contribution in [0.1, 0.15) is 37.1 Å². The number of carbonyl (C=O) groups is 1. The van der Waals surface area contributed by atoms with Gasteiger partial charge in [-0.3, -0.25) is 4.79 Å². The Balaban J connectivity index is 2.00. The Morgan fingerprint density at radius 3 is 2.91 bits per heavy atom. The Bertz CT molecular complexity index is 737. The molecule has 1 aliphatic heterocycles. The molecule has 120 valence electrons. The molecule has 1 unspecified atom stereocenters. The minimum atomic E-state index is -0.377. The number of hydrazone groups is 1. The number of hydrogen-bond donors (Lipinski definition) is 1. The summed E-state index contributed by atoms with van der Waals surface area (Å²) in [4.78, 5) is 12.3. The third-order valence-corrected chi connectivity index (χ3v) is 3.88. The van der Waals surface area contributed by atoms with Crippen molar-refractivity contribution in [1.29, 1.82) is 0 Å². The van der Waals surface area contributed by atoms with Crippen LogP contribution in [-0.4, -0.2) is 28.8 Å². The second-order valence-electron chi connectivity index (χ2n) is 5.23. The van der Waals surface area contributed by atoms with Gasteiger partial charge in [0, 0.05) is 18.4 Å². The Kier molecular flexibility index (Phi) is 4.06. The number of furan rings is 1. The van der Waals surface area contributed by atoms with Crippen molar-refractivity contribution >= 4 is 11.6 Å². The predicted octanol–water partition coefficient (Wildman–Crippen LogP) is 3.08. The van der Waals surface area contributed by atoms with Gasteiger partial charge in [-0.2, -0.15) is 5.10 Å². The molecule has 0 spiro atoms. The molecule has 6 nitrogen and oxygen atoms in total. The van der Waals surface area contributed by atoms with Crippen molar-refractivity contribution in [2.75, 3.05) is 7.11 Å². The van der Waals surface area contributed by atoms with E-state index in [-0.39, 0.29) is 17.7 Å². The second kappa shape index (κ2) is 6.16. The first-order valence-electron chi connectivity index (χ1n) is 7.45. The summed E-state index contributed by atoms with van der Waals surface area (Å²) in [6.45, 7) is 1.78. The Morgan fingerprint density at radius 2 is 2.26 bits per heavy atom. The number of rotatable bonds is 4. The van der Waals surface area contributed by atoms with Gasteiger partial charge in [0.05, 0.1) is 19.4 Å². The van der Waals surface area contributed by atoms with Crippen molar-refractivity contribution in [3.8, 4) is 11.5 Å². The van der Waals surface area contributed by atoms with Gasteiger partial charge in [0.1, 0.15) is 11.5 Å². The average molecular weight is 314 g/mol. The number of phenols is 1. The highest BCUT2D eigenvalue weighted by Gasteiger charge is 2.35. The Hall–Kier alpha value is -2.76. The molecule has 1 N–H and O–H groups in total. The number of carbonyl (C=O) groups excluding carboxylic acids is 1. The monoisotopic (exact) mass is 314 g/mol. The fraction of sp³-hybridized carbons (Fsp3) is 0.294. The molecule has 0 radical (unpaired) electrons. The Labute approximate surface area is 134 Å². The third-order valence-electron chi connectivity index (χ3n) is 3.88. The van der Waals surface area contributed by atoms with Crippen molar-refractivity contribution in [2.45, 2.75) is 25.8 Å². The van der Waals surface area contributed by atoms with E-state index in [1.54, 1.807) is 43.5 Å². The number of para-hydroxylation sites is 1. The van der Waals surface area contributed by atoms with Gasteiger partial charge in [-0.1, -0.05) is 19.1 Å². The topological polar surface area (TPSA) is 75.3 Å². The quantitative estimate of drug-likeness (QED) is 0.941. The average Bonchev–Trinajstić information content (AvgIpc) is 3.23. The molecule has 2 heterocycles. The zero-order chi connectivity index (χ0) is 16.4. The van der Waals surface area contributed by atoms with Crippen LogP contribution in [0.15, 0.2) is 46.1 Å². The number of benzene rings is 1. The lowest BCUT2D eigenvalue weighted by Crippen LogP contribution is -2.26. The van der Waals surface area contributed by atoms with Crippen molar-refractivity contribution in [2.24, 2.45) is 5.10 Å². The highest BCUT2D eigenvalue weighted by molar-refractivity contribution is 6.01. The summed E-state index contributed by atoms with van der Waals surface area (Å²) >= 11 is 0. The summed E-state index contributed by atoms with van der Waals surface area (Å²) in [5.41, 5.74) is 1.29. The van der Waals surface area contributed by atoms with E-state index in [1.807, 2.05) is 0 Å².